The molecule has 0 unspecified atom stereocenters. The summed E-state index contributed by atoms with van der Waals surface area (Å²) in [6.45, 7) is 1.85. The van der Waals surface area contributed by atoms with Crippen molar-refractivity contribution in [1.82, 2.24) is 0 Å². The van der Waals surface area contributed by atoms with Gasteiger partial charge in [0.05, 0.1) is 24.1 Å². The van der Waals surface area contributed by atoms with Crippen LogP contribution >= 0.6 is 0 Å². The van der Waals surface area contributed by atoms with E-state index in [0.717, 1.165) is 17.0 Å². The smallest absolute Gasteiger partial charge is 0.337 e. The van der Waals surface area contributed by atoms with Crippen molar-refractivity contribution in [2.75, 3.05) is 12.5 Å². The van der Waals surface area contributed by atoms with Crippen LogP contribution in [0.25, 0.3) is 0 Å². The molecule has 0 aromatic heterocycles. The minimum Gasteiger partial charge on any atom is -0.497 e. The molecule has 0 saturated carbocycles. The fourth-order valence-corrected chi connectivity index (χ4v) is 1.81. The molecule has 5 heteroatoms. The molecule has 108 valence electrons. The van der Waals surface area contributed by atoms with Gasteiger partial charge in [0.1, 0.15) is 5.75 Å². The maximum Gasteiger partial charge on any atom is 0.337 e. The molecule has 0 radical (unpaired) electrons. The molecule has 21 heavy (non-hydrogen) atoms. The van der Waals surface area contributed by atoms with E-state index >= 15 is 0 Å². The van der Waals surface area contributed by atoms with Gasteiger partial charge in [-0.25, -0.2) is 4.79 Å². The van der Waals surface area contributed by atoms with Gasteiger partial charge in [-0.05, 0) is 48.9 Å². The Hall–Kier alpha value is -2.82. The number of anilines is 1. The molecule has 0 aliphatic heterocycles. The minimum atomic E-state index is -0.990. The summed E-state index contributed by atoms with van der Waals surface area (Å²) in [4.78, 5) is 11.1. The number of ether oxygens (including phenoxy) is 1. The first-order chi connectivity index (χ1) is 10.1. The topological polar surface area (TPSA) is 70.9 Å². The van der Waals surface area contributed by atoms with Crippen LogP contribution in [0.3, 0.4) is 0 Å². The number of nitrogens with zero attached hydrogens (tertiary/aromatic N) is 1. The molecule has 2 aromatic carbocycles. The summed E-state index contributed by atoms with van der Waals surface area (Å²) >= 11 is 0. The molecule has 2 rings (SSSR count). The van der Waals surface area contributed by atoms with Crippen LogP contribution in [0.1, 0.15) is 22.8 Å². The molecule has 0 aliphatic carbocycles. The average molecular weight is 284 g/mol. The standard InChI is InChI=1S/C16H16N2O3/c1-11(12-7-9-13(21-2)10-8-12)17-18-15-6-4-3-5-14(15)16(19)20/h3-10,18H,1-2H3,(H,19,20)/b17-11+. The third-order valence-corrected chi connectivity index (χ3v) is 3.01. The highest BCUT2D eigenvalue weighted by Crippen LogP contribution is 2.16. The fourth-order valence-electron chi connectivity index (χ4n) is 1.81. The maximum absolute atomic E-state index is 11.1. The first-order valence-electron chi connectivity index (χ1n) is 6.39. The van der Waals surface area contributed by atoms with Crippen LogP contribution in [0, 0.1) is 0 Å². The Balaban J connectivity index is 2.18. The fraction of sp³-hybridized carbons (Fsp3) is 0.125. The number of carboxylic acid groups (broad SMARTS) is 1. The van der Waals surface area contributed by atoms with E-state index in [1.165, 1.54) is 6.07 Å². The molecule has 0 bridgehead atoms. The normalized spacial score (nSPS) is 11.0. The number of aromatic carboxylic acids is 1. The van der Waals surface area contributed by atoms with Crippen molar-refractivity contribution >= 4 is 17.4 Å². The van der Waals surface area contributed by atoms with E-state index < -0.39 is 5.97 Å². The largest absolute Gasteiger partial charge is 0.497 e. The lowest BCUT2D eigenvalue weighted by Crippen LogP contribution is -2.04. The number of rotatable bonds is 5. The monoisotopic (exact) mass is 284 g/mol. The molecule has 0 saturated heterocycles. The number of methoxy groups -OCH3 is 1. The van der Waals surface area contributed by atoms with Crippen LogP contribution in [-0.2, 0) is 0 Å². The summed E-state index contributed by atoms with van der Waals surface area (Å²) in [6.07, 6.45) is 0. The van der Waals surface area contributed by atoms with Crippen LogP contribution in [0.2, 0.25) is 0 Å². The summed E-state index contributed by atoms with van der Waals surface area (Å²) in [5.41, 5.74) is 5.11. The minimum absolute atomic E-state index is 0.184. The Morgan fingerprint density at radius 2 is 1.81 bits per heavy atom. The van der Waals surface area contributed by atoms with Gasteiger partial charge in [0.25, 0.3) is 0 Å². The van der Waals surface area contributed by atoms with Gasteiger partial charge in [-0.1, -0.05) is 12.1 Å². The molecule has 0 aliphatic rings. The van der Waals surface area contributed by atoms with Gasteiger partial charge < -0.3 is 9.84 Å². The van der Waals surface area contributed by atoms with Gasteiger partial charge in [-0.3, -0.25) is 5.43 Å². The summed E-state index contributed by atoms with van der Waals surface area (Å²) in [7, 11) is 1.61. The third kappa shape index (κ3) is 3.60. The first-order valence-corrected chi connectivity index (χ1v) is 6.39. The van der Waals surface area contributed by atoms with Gasteiger partial charge >= 0.3 is 5.97 Å². The van der Waals surface area contributed by atoms with E-state index in [4.69, 9.17) is 9.84 Å². The van der Waals surface area contributed by atoms with E-state index in [9.17, 15) is 4.79 Å². The average Bonchev–Trinajstić information content (AvgIpc) is 2.52. The van der Waals surface area contributed by atoms with E-state index in [1.807, 2.05) is 31.2 Å². The van der Waals surface area contributed by atoms with Crippen LogP contribution in [-0.4, -0.2) is 23.9 Å². The van der Waals surface area contributed by atoms with E-state index in [-0.39, 0.29) is 5.56 Å². The highest BCUT2D eigenvalue weighted by Gasteiger charge is 2.08. The van der Waals surface area contributed by atoms with Gasteiger partial charge in [-0.2, -0.15) is 5.10 Å². The summed E-state index contributed by atoms with van der Waals surface area (Å²) in [5, 5.41) is 13.3. The van der Waals surface area contributed by atoms with Crippen LogP contribution in [0.5, 0.6) is 5.75 Å². The number of para-hydroxylation sites is 1. The Kier molecular flexibility index (Phi) is 4.56. The zero-order chi connectivity index (χ0) is 15.2. The molecule has 0 spiro atoms. The van der Waals surface area contributed by atoms with Crippen molar-refractivity contribution in [2.45, 2.75) is 6.92 Å². The Morgan fingerprint density at radius 3 is 2.43 bits per heavy atom. The number of hydrazone groups is 1. The number of benzene rings is 2. The summed E-state index contributed by atoms with van der Waals surface area (Å²) in [5.74, 6) is -0.217. The second-order valence-electron chi connectivity index (χ2n) is 4.39. The highest BCUT2D eigenvalue weighted by molar-refractivity contribution is 6.00. The molecule has 0 atom stereocenters. The lowest BCUT2D eigenvalue weighted by Gasteiger charge is -2.07. The lowest BCUT2D eigenvalue weighted by molar-refractivity contribution is 0.0698. The van der Waals surface area contributed by atoms with Gasteiger partial charge in [0, 0.05) is 0 Å². The van der Waals surface area contributed by atoms with Gasteiger partial charge in [0.2, 0.25) is 0 Å². The Labute approximate surface area is 122 Å². The van der Waals surface area contributed by atoms with Crippen molar-refractivity contribution in [2.24, 2.45) is 5.10 Å². The summed E-state index contributed by atoms with van der Waals surface area (Å²) in [6, 6.07) is 14.1. The number of carboxylic acids is 1. The van der Waals surface area contributed by atoms with E-state index in [1.54, 1.807) is 25.3 Å². The summed E-state index contributed by atoms with van der Waals surface area (Å²) < 4.78 is 5.10. The molecule has 0 amide bonds. The van der Waals surface area contributed by atoms with Crippen molar-refractivity contribution in [3.8, 4) is 5.75 Å². The molecular formula is C16H16N2O3. The van der Waals surface area contributed by atoms with Gasteiger partial charge in [-0.15, -0.1) is 0 Å². The number of nitrogens with one attached hydrogen (secondary N) is 1. The van der Waals surface area contributed by atoms with Crippen molar-refractivity contribution in [1.29, 1.82) is 0 Å². The zero-order valence-electron chi connectivity index (χ0n) is 11.8. The maximum atomic E-state index is 11.1. The van der Waals surface area contributed by atoms with Crippen molar-refractivity contribution in [3.05, 3.63) is 59.7 Å². The number of hydrogen-bond donors (Lipinski definition) is 2. The van der Waals surface area contributed by atoms with Crippen molar-refractivity contribution < 1.29 is 14.6 Å². The highest BCUT2D eigenvalue weighted by atomic mass is 16.5. The van der Waals surface area contributed by atoms with Crippen LogP contribution in [0.15, 0.2) is 53.6 Å². The van der Waals surface area contributed by atoms with Gasteiger partial charge in [0.15, 0.2) is 0 Å². The van der Waals surface area contributed by atoms with Crippen molar-refractivity contribution in [3.63, 3.8) is 0 Å². The van der Waals surface area contributed by atoms with Crippen LogP contribution < -0.4 is 10.2 Å². The molecule has 5 nitrogen and oxygen atoms in total. The number of carbonyl (C=O) groups is 1. The van der Waals surface area contributed by atoms with E-state index in [0.29, 0.717) is 5.69 Å². The Bertz CT molecular complexity index is 663. The molecule has 2 N–H and O–H groups in total. The second-order valence-corrected chi connectivity index (χ2v) is 4.39. The van der Waals surface area contributed by atoms with E-state index in [2.05, 4.69) is 10.5 Å². The lowest BCUT2D eigenvalue weighted by atomic mass is 10.1. The Morgan fingerprint density at radius 1 is 1.14 bits per heavy atom. The molecule has 2 aromatic rings. The predicted molar refractivity (Wildman–Crippen MR) is 82.2 cm³/mol. The number of hydrogen-bond acceptors (Lipinski definition) is 4. The molecular weight excluding hydrogens is 268 g/mol. The zero-order valence-corrected chi connectivity index (χ0v) is 11.8. The quantitative estimate of drug-likeness (QED) is 0.653. The predicted octanol–water partition coefficient (Wildman–Crippen LogP) is 3.23. The third-order valence-electron chi connectivity index (χ3n) is 3.01. The van der Waals surface area contributed by atoms with Crippen LogP contribution in [0.4, 0.5) is 5.69 Å². The SMILES string of the molecule is COc1ccc(/C(C)=N/Nc2ccccc2C(=O)O)cc1. The first kappa shape index (κ1) is 14.6. The molecule has 0 heterocycles. The molecule has 0 fully saturated rings. The second kappa shape index (κ2) is 6.56.